The number of carbonyl (C=O) groups is 1. The molecule has 0 fully saturated rings. The zero-order valence-electron chi connectivity index (χ0n) is 11.2. The van der Waals surface area contributed by atoms with E-state index in [1.165, 1.54) is 0 Å². The minimum Gasteiger partial charge on any atom is -0.349 e. The van der Waals surface area contributed by atoms with Crippen LogP contribution in [-0.2, 0) is 17.8 Å². The molecule has 0 aliphatic rings. The molecular weight excluding hydrogens is 240 g/mol. The highest BCUT2D eigenvalue weighted by atomic mass is 16.1. The molecule has 0 aliphatic heterocycles. The summed E-state index contributed by atoms with van der Waals surface area (Å²) in [4.78, 5) is 20.1. The molecule has 19 heavy (non-hydrogen) atoms. The molecular formula is C14H18N4O. The van der Waals surface area contributed by atoms with Crippen LogP contribution in [0.4, 0.5) is 0 Å². The summed E-state index contributed by atoms with van der Waals surface area (Å²) in [6.07, 6.45) is 7.42. The van der Waals surface area contributed by atoms with E-state index in [0.29, 0.717) is 19.0 Å². The number of aromatic nitrogens is 3. The normalized spacial score (nSPS) is 10.7. The number of hydrogen-bond acceptors (Lipinski definition) is 3. The lowest BCUT2D eigenvalue weighted by molar-refractivity contribution is -0.120. The molecule has 0 aliphatic carbocycles. The molecule has 0 bridgehead atoms. The number of nitrogens with zero attached hydrogens (tertiary/aromatic N) is 3. The summed E-state index contributed by atoms with van der Waals surface area (Å²) in [5, 5.41) is 2.88. The van der Waals surface area contributed by atoms with Gasteiger partial charge in [-0.2, -0.15) is 0 Å². The van der Waals surface area contributed by atoms with Crippen LogP contribution in [0.5, 0.6) is 0 Å². The van der Waals surface area contributed by atoms with E-state index >= 15 is 0 Å². The molecule has 0 aromatic carbocycles. The van der Waals surface area contributed by atoms with Gasteiger partial charge in [0.15, 0.2) is 0 Å². The molecule has 0 atom stereocenters. The van der Waals surface area contributed by atoms with Crippen LogP contribution in [-0.4, -0.2) is 20.4 Å². The third-order valence-electron chi connectivity index (χ3n) is 2.84. The summed E-state index contributed by atoms with van der Waals surface area (Å²) >= 11 is 0. The van der Waals surface area contributed by atoms with Crippen molar-refractivity contribution in [1.29, 1.82) is 0 Å². The minimum atomic E-state index is -0.0219. The van der Waals surface area contributed by atoms with E-state index in [1.807, 2.05) is 22.9 Å². The van der Waals surface area contributed by atoms with Gasteiger partial charge < -0.3 is 9.88 Å². The Bertz CT molecular complexity index is 533. The van der Waals surface area contributed by atoms with Gasteiger partial charge in [0.25, 0.3) is 0 Å². The molecule has 0 spiro atoms. The fraction of sp³-hybridized carbons (Fsp3) is 0.357. The van der Waals surface area contributed by atoms with E-state index in [2.05, 4.69) is 29.1 Å². The molecule has 2 aromatic rings. The monoisotopic (exact) mass is 258 g/mol. The standard InChI is InChI=1S/C14H18N4O/c1-11(2)18-7-6-16-13(18)10-17-14(19)8-12-4-3-5-15-9-12/h3-7,9,11H,8,10H2,1-2H3,(H,17,19). The Labute approximate surface area is 112 Å². The van der Waals surface area contributed by atoms with Crippen molar-refractivity contribution < 1.29 is 4.79 Å². The van der Waals surface area contributed by atoms with Crippen LogP contribution in [0.25, 0.3) is 0 Å². The van der Waals surface area contributed by atoms with Gasteiger partial charge in [0, 0.05) is 30.8 Å². The van der Waals surface area contributed by atoms with Gasteiger partial charge in [-0.05, 0) is 25.5 Å². The fourth-order valence-corrected chi connectivity index (χ4v) is 1.88. The molecule has 5 nitrogen and oxygen atoms in total. The lowest BCUT2D eigenvalue weighted by Gasteiger charge is -2.12. The molecule has 2 heterocycles. The number of rotatable bonds is 5. The maximum atomic E-state index is 11.8. The summed E-state index contributed by atoms with van der Waals surface area (Å²) in [7, 11) is 0. The zero-order chi connectivity index (χ0) is 13.7. The average Bonchev–Trinajstić information content (AvgIpc) is 2.86. The quantitative estimate of drug-likeness (QED) is 0.888. The Balaban J connectivity index is 1.88. The average molecular weight is 258 g/mol. The number of nitrogens with one attached hydrogen (secondary N) is 1. The number of amides is 1. The summed E-state index contributed by atoms with van der Waals surface area (Å²) in [6.45, 7) is 4.62. The lowest BCUT2D eigenvalue weighted by atomic mass is 10.2. The van der Waals surface area contributed by atoms with Crippen molar-refractivity contribution in [2.24, 2.45) is 0 Å². The Kier molecular flexibility index (Phi) is 4.28. The van der Waals surface area contributed by atoms with Gasteiger partial charge in [0.1, 0.15) is 5.82 Å². The molecule has 1 amide bonds. The van der Waals surface area contributed by atoms with E-state index in [0.717, 1.165) is 11.4 Å². The van der Waals surface area contributed by atoms with Crippen LogP contribution in [0.1, 0.15) is 31.3 Å². The van der Waals surface area contributed by atoms with E-state index in [9.17, 15) is 4.79 Å². The van der Waals surface area contributed by atoms with E-state index in [4.69, 9.17) is 0 Å². The van der Waals surface area contributed by atoms with Crippen molar-refractivity contribution in [3.63, 3.8) is 0 Å². The highest BCUT2D eigenvalue weighted by Gasteiger charge is 2.08. The summed E-state index contributed by atoms with van der Waals surface area (Å²) in [5.41, 5.74) is 0.909. The second kappa shape index (κ2) is 6.13. The van der Waals surface area contributed by atoms with Crippen LogP contribution in [0, 0.1) is 0 Å². The molecule has 1 N–H and O–H groups in total. The summed E-state index contributed by atoms with van der Waals surface area (Å²) < 4.78 is 2.05. The van der Waals surface area contributed by atoms with Gasteiger partial charge in [-0.3, -0.25) is 9.78 Å². The second-order valence-corrected chi connectivity index (χ2v) is 4.66. The van der Waals surface area contributed by atoms with Gasteiger partial charge in [0.05, 0.1) is 13.0 Å². The Morgan fingerprint density at radius 1 is 1.42 bits per heavy atom. The first-order valence-electron chi connectivity index (χ1n) is 6.34. The highest BCUT2D eigenvalue weighted by molar-refractivity contribution is 5.78. The largest absolute Gasteiger partial charge is 0.349 e. The molecule has 2 rings (SSSR count). The minimum absolute atomic E-state index is 0.0219. The lowest BCUT2D eigenvalue weighted by Crippen LogP contribution is -2.26. The van der Waals surface area contributed by atoms with Gasteiger partial charge in [0.2, 0.25) is 5.91 Å². The number of hydrogen-bond donors (Lipinski definition) is 1. The Morgan fingerprint density at radius 3 is 2.95 bits per heavy atom. The van der Waals surface area contributed by atoms with E-state index in [1.54, 1.807) is 18.6 Å². The first-order valence-corrected chi connectivity index (χ1v) is 6.34. The molecule has 0 saturated heterocycles. The topological polar surface area (TPSA) is 59.8 Å². The first kappa shape index (κ1) is 13.3. The van der Waals surface area contributed by atoms with E-state index < -0.39 is 0 Å². The van der Waals surface area contributed by atoms with Crippen molar-refractivity contribution in [3.05, 3.63) is 48.3 Å². The molecule has 5 heteroatoms. The smallest absolute Gasteiger partial charge is 0.224 e. The number of pyridine rings is 1. The molecule has 0 unspecified atom stereocenters. The molecule has 0 radical (unpaired) electrons. The zero-order valence-corrected chi connectivity index (χ0v) is 11.2. The van der Waals surface area contributed by atoms with Crippen molar-refractivity contribution in [1.82, 2.24) is 19.9 Å². The highest BCUT2D eigenvalue weighted by Crippen LogP contribution is 2.07. The van der Waals surface area contributed by atoms with Crippen LogP contribution in [0.15, 0.2) is 36.9 Å². The number of carbonyl (C=O) groups excluding carboxylic acids is 1. The summed E-state index contributed by atoms with van der Waals surface area (Å²) in [5.74, 6) is 0.848. The van der Waals surface area contributed by atoms with Crippen molar-refractivity contribution in [3.8, 4) is 0 Å². The second-order valence-electron chi connectivity index (χ2n) is 4.66. The van der Waals surface area contributed by atoms with Crippen LogP contribution in [0.3, 0.4) is 0 Å². The van der Waals surface area contributed by atoms with Crippen LogP contribution in [0.2, 0.25) is 0 Å². The maximum Gasteiger partial charge on any atom is 0.224 e. The van der Waals surface area contributed by atoms with Crippen molar-refractivity contribution >= 4 is 5.91 Å². The van der Waals surface area contributed by atoms with Crippen molar-refractivity contribution in [2.45, 2.75) is 32.9 Å². The predicted octanol–water partition coefficient (Wildman–Crippen LogP) is 1.72. The first-order chi connectivity index (χ1) is 9.16. The van der Waals surface area contributed by atoms with E-state index in [-0.39, 0.29) is 5.91 Å². The third kappa shape index (κ3) is 3.64. The van der Waals surface area contributed by atoms with Crippen LogP contribution < -0.4 is 5.32 Å². The SMILES string of the molecule is CC(C)n1ccnc1CNC(=O)Cc1cccnc1. The fourth-order valence-electron chi connectivity index (χ4n) is 1.88. The maximum absolute atomic E-state index is 11.8. The Hall–Kier alpha value is -2.17. The van der Waals surface area contributed by atoms with Gasteiger partial charge in [-0.1, -0.05) is 6.07 Å². The van der Waals surface area contributed by atoms with Gasteiger partial charge in [-0.15, -0.1) is 0 Å². The molecule has 100 valence electrons. The molecule has 2 aromatic heterocycles. The van der Waals surface area contributed by atoms with Crippen LogP contribution >= 0.6 is 0 Å². The van der Waals surface area contributed by atoms with Crippen molar-refractivity contribution in [2.75, 3.05) is 0 Å². The Morgan fingerprint density at radius 2 is 2.26 bits per heavy atom. The third-order valence-corrected chi connectivity index (χ3v) is 2.84. The predicted molar refractivity (Wildman–Crippen MR) is 72.4 cm³/mol. The summed E-state index contributed by atoms with van der Waals surface area (Å²) in [6, 6.07) is 4.06. The molecule has 0 saturated carbocycles. The number of imidazole rings is 1. The van der Waals surface area contributed by atoms with Gasteiger partial charge >= 0.3 is 0 Å². The van der Waals surface area contributed by atoms with Gasteiger partial charge in [-0.25, -0.2) is 4.98 Å².